The summed E-state index contributed by atoms with van der Waals surface area (Å²) in [7, 11) is -9.51. The Bertz CT molecular complexity index is 3370. The van der Waals surface area contributed by atoms with E-state index in [-0.39, 0.29) is 49.2 Å². The van der Waals surface area contributed by atoms with Gasteiger partial charge in [0.25, 0.3) is 20.2 Å². The van der Waals surface area contributed by atoms with Crippen LogP contribution < -0.4 is 11.1 Å². The molecule has 0 aliphatic rings. The molecule has 0 spiro atoms. The van der Waals surface area contributed by atoms with Crippen LogP contribution in [0.2, 0.25) is 0 Å². The van der Waals surface area contributed by atoms with Crippen molar-refractivity contribution in [3.63, 3.8) is 0 Å². The summed E-state index contributed by atoms with van der Waals surface area (Å²) < 4.78 is 76.9. The van der Waals surface area contributed by atoms with Crippen LogP contribution >= 0.6 is 24.1 Å². The van der Waals surface area contributed by atoms with Crippen molar-refractivity contribution < 1.29 is 65.1 Å². The van der Waals surface area contributed by atoms with Crippen molar-refractivity contribution in [1.82, 2.24) is 0 Å². The summed E-state index contributed by atoms with van der Waals surface area (Å²) in [4.78, 5) is 11.7. The van der Waals surface area contributed by atoms with Gasteiger partial charge in [0.2, 0.25) is 5.91 Å². The zero-order valence-corrected chi connectivity index (χ0v) is 36.3. The van der Waals surface area contributed by atoms with Crippen LogP contribution in [0, 0.1) is 6.92 Å². The summed E-state index contributed by atoms with van der Waals surface area (Å²) in [6, 6.07) is 23.7. The Morgan fingerprint density at radius 2 is 1.31 bits per heavy atom. The number of phenolic OH excluding ortho intramolecular Hbond substituents is 1. The average molecular weight is 963 g/mol. The molecule has 0 atom stereocenters. The fourth-order valence-electron chi connectivity index (χ4n) is 6.37. The van der Waals surface area contributed by atoms with E-state index in [0.29, 0.717) is 39.6 Å². The topological polar surface area (TPSA) is 336 Å². The van der Waals surface area contributed by atoms with Crippen molar-refractivity contribution in [1.29, 1.82) is 0 Å². The minimum Gasteiger partial charge on any atom is -0.505 e. The van der Waals surface area contributed by atoms with Crippen LogP contribution in [0.1, 0.15) is 12.5 Å². The van der Waals surface area contributed by atoms with Gasteiger partial charge in [-0.05, 0) is 101 Å². The number of carbonyl (C=O) groups excluding carboxylic acids is 1. The number of fused-ring (bicyclic) bond motifs is 3. The van der Waals surface area contributed by atoms with E-state index in [1.54, 1.807) is 43.3 Å². The molecule has 0 saturated carbocycles. The van der Waals surface area contributed by atoms with E-state index in [4.69, 9.17) is 16.2 Å². The Hall–Kier alpha value is -6.53. The molecule has 7 aromatic rings. The lowest BCUT2D eigenvalue weighted by Gasteiger charge is -2.12. The number of phenols is 1. The first-order chi connectivity index (χ1) is 30.9. The normalized spacial score (nSPS) is 12.5. The number of amides is 1. The van der Waals surface area contributed by atoms with Crippen molar-refractivity contribution in [2.24, 2.45) is 30.7 Å². The van der Waals surface area contributed by atoms with Crippen molar-refractivity contribution in [2.75, 3.05) is 11.1 Å². The Kier molecular flexibility index (Phi) is 13.8. The molecule has 0 heterocycles. The van der Waals surface area contributed by atoms with E-state index >= 15 is 0 Å². The summed E-state index contributed by atoms with van der Waals surface area (Å²) in [5.74, 6) is -1.00. The average Bonchev–Trinajstić information content (AvgIpc) is 3.26. The first-order valence-electron chi connectivity index (χ1n) is 18.1. The highest BCUT2D eigenvalue weighted by molar-refractivity contribution is 7.95. The third kappa shape index (κ3) is 10.5. The molecule has 0 radical (unpaired) electrons. The Morgan fingerprint density at radius 3 is 2.00 bits per heavy atom. The van der Waals surface area contributed by atoms with Gasteiger partial charge in [-0.3, -0.25) is 13.9 Å². The largest absolute Gasteiger partial charge is 0.505 e. The number of hydrogen-bond acceptors (Lipinski definition) is 21. The number of anilines is 2. The number of carbonyl (C=O) groups is 1. The number of azo groups is 3. The molecule has 26 heteroatoms. The second-order valence-corrected chi connectivity index (χ2v) is 17.8. The van der Waals surface area contributed by atoms with E-state index in [9.17, 15) is 35.8 Å². The molecule has 0 saturated heterocycles. The number of nitrogens with zero attached hydrogens (tertiary/aromatic N) is 6. The maximum absolute atomic E-state index is 12.3. The molecule has 0 aliphatic heterocycles. The molecule has 1 amide bonds. The van der Waals surface area contributed by atoms with Gasteiger partial charge >= 0.3 is 0 Å². The molecular formula is C39H30N8O14S4. The summed E-state index contributed by atoms with van der Waals surface area (Å²) >= 11 is 1.16. The SMILES string of the molecule is CC(=O)Nc1cc(/N=N/c2ccc(/N=N/c3c(SOOO)cc4cc(S(=O)(=O)O)c(N)cc4c3O)c3cc(S(=O)(=O)O)ccc23)c(C)cc1/N=N/c1ccc2c(SOOO)cccc2c1. The van der Waals surface area contributed by atoms with Crippen LogP contribution in [0.4, 0.5) is 45.5 Å². The van der Waals surface area contributed by atoms with Gasteiger partial charge in [-0.2, -0.15) is 27.1 Å². The van der Waals surface area contributed by atoms with Crippen molar-refractivity contribution in [3.05, 3.63) is 103 Å². The lowest BCUT2D eigenvalue weighted by atomic mass is 10.1. The molecule has 8 N–H and O–H groups in total. The number of nitrogens with two attached hydrogens (primary N) is 1. The molecular weight excluding hydrogens is 933 g/mol. The fraction of sp³-hybridized carbons (Fsp3) is 0.0513. The summed E-state index contributed by atoms with van der Waals surface area (Å²) in [5.41, 5.74) is 7.26. The minimum absolute atomic E-state index is 0.00430. The number of aromatic hydroxyl groups is 1. The maximum Gasteiger partial charge on any atom is 0.296 e. The number of benzene rings is 7. The van der Waals surface area contributed by atoms with E-state index in [1.165, 1.54) is 37.3 Å². The first kappa shape index (κ1) is 46.5. The van der Waals surface area contributed by atoms with Gasteiger partial charge in [0, 0.05) is 28.0 Å². The van der Waals surface area contributed by atoms with E-state index < -0.39 is 47.4 Å². The number of aryl methyl sites for hydroxylation is 1. The molecule has 65 heavy (non-hydrogen) atoms. The Morgan fingerprint density at radius 1 is 0.646 bits per heavy atom. The smallest absolute Gasteiger partial charge is 0.296 e. The molecule has 0 unspecified atom stereocenters. The molecule has 0 fully saturated rings. The Labute approximate surface area is 375 Å². The second-order valence-electron chi connectivity index (χ2n) is 13.5. The molecule has 7 rings (SSSR count). The first-order valence-corrected chi connectivity index (χ1v) is 22.4. The summed E-state index contributed by atoms with van der Waals surface area (Å²) in [6.07, 6.45) is 0. The predicted molar refractivity (Wildman–Crippen MR) is 237 cm³/mol. The molecule has 0 aliphatic carbocycles. The van der Waals surface area contributed by atoms with E-state index in [2.05, 4.69) is 54.7 Å². The minimum atomic E-state index is -4.77. The van der Waals surface area contributed by atoms with Crippen molar-refractivity contribution in [2.45, 2.75) is 33.4 Å². The predicted octanol–water partition coefficient (Wildman–Crippen LogP) is 11.3. The standard InChI is InChI=1S/C39H30N8O14S4/c1-19-12-34(46-42-23-6-8-25-21(13-23)4-3-5-35(25)62-60-58-50)33(41-20(2)48)18-32(19)45-43-30-10-11-31(28-16-24(64(52,53)54)7-9-26(28)30)44-47-38-36(63-61-59-51)14-22-15-37(65(55,56)57)29(40)17-27(22)39(38)49/h3-18,49-51H,40H2,1-2H3,(H,41,48)(H,52,53,54)(H,55,56,57)/b45-43+,46-42+,47-44+. The molecule has 22 nitrogen and oxygen atoms in total. The van der Waals surface area contributed by atoms with E-state index in [1.807, 2.05) is 6.07 Å². The van der Waals surface area contributed by atoms with Gasteiger partial charge in [-0.15, -0.1) is 29.1 Å². The molecule has 0 aromatic heterocycles. The third-order valence-electron chi connectivity index (χ3n) is 9.25. The van der Waals surface area contributed by atoms with Gasteiger partial charge in [-0.25, -0.2) is 10.5 Å². The lowest BCUT2D eigenvalue weighted by molar-refractivity contribution is -0.432. The zero-order valence-electron chi connectivity index (χ0n) is 33.0. The van der Waals surface area contributed by atoms with E-state index in [0.717, 1.165) is 47.1 Å². The van der Waals surface area contributed by atoms with Crippen LogP contribution in [0.15, 0.2) is 147 Å². The maximum atomic E-state index is 12.3. The van der Waals surface area contributed by atoms with Gasteiger partial charge < -0.3 is 16.2 Å². The highest BCUT2D eigenvalue weighted by atomic mass is 32.2. The summed E-state index contributed by atoms with van der Waals surface area (Å²) in [5, 5.41) is 66.7. The number of hydrogen-bond donors (Lipinski definition) is 7. The zero-order chi connectivity index (χ0) is 46.6. The highest BCUT2D eigenvalue weighted by Gasteiger charge is 2.21. The number of rotatable bonds is 15. The van der Waals surface area contributed by atoms with Crippen molar-refractivity contribution in [3.8, 4) is 5.75 Å². The van der Waals surface area contributed by atoms with Crippen LogP contribution in [0.3, 0.4) is 0 Å². The quantitative estimate of drug-likeness (QED) is 0.0125. The van der Waals surface area contributed by atoms with Crippen LogP contribution in [-0.2, 0) is 43.8 Å². The van der Waals surface area contributed by atoms with Crippen LogP contribution in [-0.4, -0.2) is 47.5 Å². The lowest BCUT2D eigenvalue weighted by Crippen LogP contribution is -2.05. The highest BCUT2D eigenvalue weighted by Crippen LogP contribution is 2.46. The molecule has 0 bridgehead atoms. The number of nitrogens with one attached hydrogen (secondary N) is 1. The van der Waals surface area contributed by atoms with Gasteiger partial charge in [0.05, 0.1) is 68.0 Å². The number of nitrogen functional groups attached to an aromatic ring is 1. The third-order valence-corrected chi connectivity index (χ3v) is 12.3. The van der Waals surface area contributed by atoms with Crippen molar-refractivity contribution >= 4 is 128 Å². The molecule has 334 valence electrons. The van der Waals surface area contributed by atoms with Gasteiger partial charge in [0.15, 0.2) is 5.75 Å². The second kappa shape index (κ2) is 19.3. The van der Waals surface area contributed by atoms with Gasteiger partial charge in [-0.1, -0.05) is 34.3 Å². The van der Waals surface area contributed by atoms with Gasteiger partial charge in [0.1, 0.15) is 16.3 Å². The fourth-order valence-corrected chi connectivity index (χ4v) is 8.52. The summed E-state index contributed by atoms with van der Waals surface area (Å²) in [6.45, 7) is 3.04. The monoisotopic (exact) mass is 962 g/mol. The molecule has 7 aromatic carbocycles. The Balaban J connectivity index is 1.26. The van der Waals surface area contributed by atoms with Crippen LogP contribution in [0.5, 0.6) is 5.75 Å². The van der Waals surface area contributed by atoms with Crippen LogP contribution in [0.25, 0.3) is 32.3 Å².